The normalized spacial score (nSPS) is 15.3. The Balaban J connectivity index is 1.50. The van der Waals surface area contributed by atoms with Crippen LogP contribution in [0, 0.1) is 5.92 Å². The number of benzene rings is 2. The zero-order chi connectivity index (χ0) is 28.5. The van der Waals surface area contributed by atoms with Crippen molar-refractivity contribution in [3.8, 4) is 0 Å². The standard InChI is InChI=1S/C31H38ClN5O3/c1-2-3-14-26-34-29(32)25(20-38)37(26)19-21-15-17-23(18-16-21)27(22-10-6-4-7-11-22)30(39)35-36-31(40)28(33)24-12-8-5-9-13-24/h5,8-9,12-13,15-18,20,22,27-28H,2-4,6-7,10-11,14,19,33H2,1H3,(H,35,39)(H,36,40). The lowest BCUT2D eigenvalue weighted by Gasteiger charge is -2.30. The second kappa shape index (κ2) is 14.2. The number of unbranched alkanes of at least 4 members (excludes halogenated alkanes) is 1. The van der Waals surface area contributed by atoms with Gasteiger partial charge in [-0.05, 0) is 41.9 Å². The molecule has 1 heterocycles. The zero-order valence-corrected chi connectivity index (χ0v) is 23.7. The Morgan fingerprint density at radius 1 is 1.02 bits per heavy atom. The van der Waals surface area contributed by atoms with Gasteiger partial charge in [-0.1, -0.05) is 98.8 Å². The number of hydrazine groups is 1. The highest BCUT2D eigenvalue weighted by atomic mass is 35.5. The molecule has 2 aromatic carbocycles. The van der Waals surface area contributed by atoms with E-state index in [1.54, 1.807) is 12.1 Å². The fraction of sp³-hybridized carbons (Fsp3) is 0.419. The molecule has 2 unspecified atom stereocenters. The van der Waals surface area contributed by atoms with Gasteiger partial charge < -0.3 is 10.3 Å². The molecule has 40 heavy (non-hydrogen) atoms. The van der Waals surface area contributed by atoms with E-state index in [9.17, 15) is 14.4 Å². The molecule has 0 bridgehead atoms. The van der Waals surface area contributed by atoms with E-state index in [0.29, 0.717) is 17.8 Å². The van der Waals surface area contributed by atoms with Crippen molar-refractivity contribution in [1.82, 2.24) is 20.4 Å². The van der Waals surface area contributed by atoms with Crippen LogP contribution in [0.5, 0.6) is 0 Å². The van der Waals surface area contributed by atoms with Crippen LogP contribution < -0.4 is 16.6 Å². The van der Waals surface area contributed by atoms with Crippen molar-refractivity contribution in [3.63, 3.8) is 0 Å². The Morgan fingerprint density at radius 3 is 2.35 bits per heavy atom. The number of nitrogens with zero attached hydrogens (tertiary/aromatic N) is 2. The number of halogens is 1. The van der Waals surface area contributed by atoms with Gasteiger partial charge in [0.25, 0.3) is 5.91 Å². The van der Waals surface area contributed by atoms with Gasteiger partial charge in [-0.25, -0.2) is 4.98 Å². The number of aryl methyl sites for hydroxylation is 1. The largest absolute Gasteiger partial charge is 0.320 e. The zero-order valence-electron chi connectivity index (χ0n) is 22.9. The third-order valence-corrected chi connectivity index (χ3v) is 8.02. The van der Waals surface area contributed by atoms with Crippen molar-refractivity contribution in [3.05, 3.63) is 88.0 Å². The van der Waals surface area contributed by atoms with E-state index in [4.69, 9.17) is 17.3 Å². The summed E-state index contributed by atoms with van der Waals surface area (Å²) in [5.41, 5.74) is 14.2. The third-order valence-electron chi connectivity index (χ3n) is 7.74. The topological polar surface area (TPSA) is 119 Å². The number of nitrogens with two attached hydrogens (primary N) is 1. The molecule has 8 nitrogen and oxygen atoms in total. The molecular weight excluding hydrogens is 526 g/mol. The molecule has 9 heteroatoms. The predicted octanol–water partition coefficient (Wildman–Crippen LogP) is 5.25. The fourth-order valence-corrected chi connectivity index (χ4v) is 5.75. The second-order valence-electron chi connectivity index (χ2n) is 10.5. The highest BCUT2D eigenvalue weighted by Crippen LogP contribution is 2.36. The number of imidazole rings is 1. The molecular formula is C31H38ClN5O3. The molecule has 2 amide bonds. The van der Waals surface area contributed by atoms with Gasteiger partial charge in [0.05, 0.1) is 5.92 Å². The van der Waals surface area contributed by atoms with Gasteiger partial charge >= 0.3 is 0 Å². The minimum atomic E-state index is -0.885. The molecule has 1 fully saturated rings. The quantitative estimate of drug-likeness (QED) is 0.217. The van der Waals surface area contributed by atoms with E-state index >= 15 is 0 Å². The lowest BCUT2D eigenvalue weighted by molar-refractivity contribution is -0.131. The molecule has 2 atom stereocenters. The van der Waals surface area contributed by atoms with Gasteiger partial charge in [0.1, 0.15) is 17.6 Å². The summed E-state index contributed by atoms with van der Waals surface area (Å²) in [6.45, 7) is 2.57. The lowest BCUT2D eigenvalue weighted by Crippen LogP contribution is -2.48. The molecule has 1 saturated carbocycles. The monoisotopic (exact) mass is 563 g/mol. The van der Waals surface area contributed by atoms with Gasteiger partial charge in [0.15, 0.2) is 11.4 Å². The average molecular weight is 564 g/mol. The summed E-state index contributed by atoms with van der Waals surface area (Å²) in [5, 5.41) is 0.223. The molecule has 1 aliphatic rings. The molecule has 3 aromatic rings. The number of aldehydes is 1. The lowest BCUT2D eigenvalue weighted by atomic mass is 9.76. The molecule has 0 saturated heterocycles. The Hall–Kier alpha value is -3.49. The van der Waals surface area contributed by atoms with Crippen molar-refractivity contribution in [2.45, 2.75) is 76.8 Å². The number of rotatable bonds is 11. The van der Waals surface area contributed by atoms with Crippen molar-refractivity contribution in [1.29, 1.82) is 0 Å². The van der Waals surface area contributed by atoms with E-state index in [1.165, 1.54) is 6.42 Å². The average Bonchev–Trinajstić information content (AvgIpc) is 3.29. The Kier molecular flexibility index (Phi) is 10.5. The third kappa shape index (κ3) is 7.17. The van der Waals surface area contributed by atoms with E-state index in [-0.39, 0.29) is 17.0 Å². The van der Waals surface area contributed by atoms with Crippen LogP contribution in [0.15, 0.2) is 54.6 Å². The van der Waals surface area contributed by atoms with E-state index < -0.39 is 17.9 Å². The summed E-state index contributed by atoms with van der Waals surface area (Å²) >= 11 is 6.24. The molecule has 4 rings (SSSR count). The highest BCUT2D eigenvalue weighted by molar-refractivity contribution is 6.31. The highest BCUT2D eigenvalue weighted by Gasteiger charge is 2.31. The molecule has 4 N–H and O–H groups in total. The first-order valence-corrected chi connectivity index (χ1v) is 14.5. The number of carbonyl (C=O) groups is 3. The Labute approximate surface area is 240 Å². The number of hydrogen-bond donors (Lipinski definition) is 3. The molecule has 1 aromatic heterocycles. The maximum Gasteiger partial charge on any atom is 0.259 e. The SMILES string of the molecule is CCCCc1nc(Cl)c(C=O)n1Cc1ccc(C(C(=O)NNC(=O)C(N)c2ccccc2)C2CCCCC2)cc1. The van der Waals surface area contributed by atoms with E-state index in [1.807, 2.05) is 47.0 Å². The van der Waals surface area contributed by atoms with Crippen LogP contribution in [-0.4, -0.2) is 27.7 Å². The number of amides is 2. The van der Waals surface area contributed by atoms with Crippen LogP contribution in [-0.2, 0) is 22.6 Å². The Morgan fingerprint density at radius 2 is 1.70 bits per heavy atom. The number of hydrogen-bond acceptors (Lipinski definition) is 5. The van der Waals surface area contributed by atoms with Gasteiger partial charge in [0.2, 0.25) is 5.91 Å². The summed E-state index contributed by atoms with van der Waals surface area (Å²) in [5.74, 6) is -0.159. The maximum atomic E-state index is 13.5. The fourth-order valence-electron chi connectivity index (χ4n) is 5.50. The molecule has 212 valence electrons. The summed E-state index contributed by atoms with van der Waals surface area (Å²) in [6, 6.07) is 16.1. The molecule has 0 radical (unpaired) electrons. The number of aromatic nitrogens is 2. The molecule has 0 aliphatic heterocycles. The first-order valence-electron chi connectivity index (χ1n) is 14.1. The van der Waals surface area contributed by atoms with Crippen LogP contribution in [0.2, 0.25) is 5.15 Å². The minimum Gasteiger partial charge on any atom is -0.320 e. The van der Waals surface area contributed by atoms with E-state index in [0.717, 1.165) is 68.2 Å². The smallest absolute Gasteiger partial charge is 0.259 e. The second-order valence-corrected chi connectivity index (χ2v) is 10.9. The van der Waals surface area contributed by atoms with Crippen LogP contribution in [0.1, 0.15) is 96.8 Å². The number of carbonyl (C=O) groups excluding carboxylic acids is 3. The Bertz CT molecular complexity index is 1290. The summed E-state index contributed by atoms with van der Waals surface area (Å²) < 4.78 is 1.87. The van der Waals surface area contributed by atoms with Gasteiger partial charge in [-0.2, -0.15) is 0 Å². The van der Waals surface area contributed by atoms with Gasteiger partial charge in [0, 0.05) is 13.0 Å². The van der Waals surface area contributed by atoms with Crippen LogP contribution in [0.3, 0.4) is 0 Å². The van der Waals surface area contributed by atoms with E-state index in [2.05, 4.69) is 22.8 Å². The van der Waals surface area contributed by atoms with Gasteiger partial charge in [-0.15, -0.1) is 0 Å². The predicted molar refractivity (Wildman–Crippen MR) is 156 cm³/mol. The van der Waals surface area contributed by atoms with Crippen molar-refractivity contribution in [2.75, 3.05) is 0 Å². The van der Waals surface area contributed by atoms with Crippen molar-refractivity contribution < 1.29 is 14.4 Å². The van der Waals surface area contributed by atoms with Crippen LogP contribution >= 0.6 is 11.6 Å². The first-order chi connectivity index (χ1) is 19.4. The van der Waals surface area contributed by atoms with Crippen molar-refractivity contribution in [2.24, 2.45) is 11.7 Å². The van der Waals surface area contributed by atoms with Crippen LogP contribution in [0.4, 0.5) is 0 Å². The van der Waals surface area contributed by atoms with Crippen molar-refractivity contribution >= 4 is 29.7 Å². The molecule has 1 aliphatic carbocycles. The minimum absolute atomic E-state index is 0.175. The maximum absolute atomic E-state index is 13.5. The number of nitrogens with one attached hydrogen (secondary N) is 2. The summed E-state index contributed by atoms with van der Waals surface area (Å²) in [7, 11) is 0. The van der Waals surface area contributed by atoms with Gasteiger partial charge in [-0.3, -0.25) is 25.2 Å². The summed E-state index contributed by atoms with van der Waals surface area (Å²) in [4.78, 5) is 42.3. The molecule has 0 spiro atoms. The van der Waals surface area contributed by atoms with Crippen LogP contribution in [0.25, 0.3) is 0 Å². The first kappa shape index (κ1) is 29.5. The summed E-state index contributed by atoms with van der Waals surface area (Å²) in [6.07, 6.45) is 8.69.